The van der Waals surface area contributed by atoms with Crippen LogP contribution >= 0.6 is 0 Å². The van der Waals surface area contributed by atoms with E-state index in [-0.39, 0.29) is 18.8 Å². The molecule has 0 bridgehead atoms. The largest absolute Gasteiger partial charge is 0.450 e. The smallest absolute Gasteiger partial charge is 0.350 e. The predicted octanol–water partition coefficient (Wildman–Crippen LogP) is 2.01. The van der Waals surface area contributed by atoms with E-state index in [1.54, 1.807) is 60.7 Å². The molecule has 0 radical (unpaired) electrons. The second-order valence-corrected chi connectivity index (χ2v) is 6.65. The Morgan fingerprint density at radius 1 is 0.967 bits per heavy atom. The van der Waals surface area contributed by atoms with E-state index in [1.807, 2.05) is 0 Å². The number of rotatable bonds is 5. The molecule has 1 aliphatic heterocycles. The fourth-order valence-corrected chi connectivity index (χ4v) is 3.24. The number of hydrogen-bond acceptors (Lipinski definition) is 7. The van der Waals surface area contributed by atoms with Crippen LogP contribution in [0.5, 0.6) is 0 Å². The summed E-state index contributed by atoms with van der Waals surface area (Å²) in [5, 5.41) is 0. The summed E-state index contributed by atoms with van der Waals surface area (Å²) in [6.07, 6.45) is 1.69. The van der Waals surface area contributed by atoms with E-state index in [0.717, 1.165) is 4.57 Å². The maximum Gasteiger partial charge on any atom is 0.350 e. The van der Waals surface area contributed by atoms with Crippen molar-refractivity contribution in [1.82, 2.24) is 9.55 Å². The molecule has 30 heavy (non-hydrogen) atoms. The van der Waals surface area contributed by atoms with Crippen LogP contribution in [0.1, 0.15) is 20.7 Å². The van der Waals surface area contributed by atoms with Crippen LogP contribution in [0.4, 0.5) is 0 Å². The van der Waals surface area contributed by atoms with Gasteiger partial charge in [0.2, 0.25) is 0 Å². The van der Waals surface area contributed by atoms with E-state index >= 15 is 0 Å². The van der Waals surface area contributed by atoms with Crippen molar-refractivity contribution in [1.29, 1.82) is 0 Å². The van der Waals surface area contributed by atoms with Crippen molar-refractivity contribution >= 4 is 11.9 Å². The molecule has 1 aromatic heterocycles. The van der Waals surface area contributed by atoms with E-state index in [2.05, 4.69) is 4.98 Å². The Hall–Kier alpha value is -3.78. The van der Waals surface area contributed by atoms with Crippen LogP contribution < -0.4 is 5.69 Å². The van der Waals surface area contributed by atoms with Gasteiger partial charge in [0.25, 0.3) is 5.72 Å². The number of carbonyl (C=O) groups excluding carboxylic acids is 2. The van der Waals surface area contributed by atoms with E-state index in [0.29, 0.717) is 5.56 Å². The highest BCUT2D eigenvalue weighted by molar-refractivity contribution is 5.90. The van der Waals surface area contributed by atoms with E-state index < -0.39 is 29.5 Å². The van der Waals surface area contributed by atoms with Crippen LogP contribution in [0.15, 0.2) is 83.9 Å². The summed E-state index contributed by atoms with van der Waals surface area (Å²) in [5.74, 6) is -1.30. The van der Waals surface area contributed by atoms with Crippen LogP contribution in [0, 0.1) is 0 Å². The second-order valence-electron chi connectivity index (χ2n) is 6.65. The monoisotopic (exact) mass is 406 g/mol. The molecule has 2 heterocycles. The van der Waals surface area contributed by atoms with E-state index in [1.165, 1.54) is 18.5 Å². The summed E-state index contributed by atoms with van der Waals surface area (Å²) < 4.78 is 18.1. The number of nitrogens with zero attached hydrogens (tertiary/aromatic N) is 2. The molecule has 8 heteroatoms. The van der Waals surface area contributed by atoms with Crippen molar-refractivity contribution in [2.24, 2.45) is 0 Å². The van der Waals surface area contributed by atoms with Gasteiger partial charge in [-0.05, 0) is 30.3 Å². The van der Waals surface area contributed by atoms with Gasteiger partial charge in [-0.1, -0.05) is 36.4 Å². The molecule has 1 fully saturated rings. The summed E-state index contributed by atoms with van der Waals surface area (Å²) in [7, 11) is 0. The van der Waals surface area contributed by atoms with Crippen molar-refractivity contribution in [3.63, 3.8) is 0 Å². The molecular weight excluding hydrogens is 388 g/mol. The van der Waals surface area contributed by atoms with Gasteiger partial charge in [-0.25, -0.2) is 19.4 Å². The Kier molecular flexibility index (Phi) is 5.40. The predicted molar refractivity (Wildman–Crippen MR) is 105 cm³/mol. The minimum absolute atomic E-state index is 0.0536. The SMILES string of the molecule is O=C(O[C@H]1COCC1(OC(=O)c1ccccc1)n1cccnc1=O)c1ccccc1. The average molecular weight is 406 g/mol. The molecule has 4 rings (SSSR count). The lowest BCUT2D eigenvalue weighted by Crippen LogP contribution is -2.54. The lowest BCUT2D eigenvalue weighted by atomic mass is 10.1. The Bertz CT molecular complexity index is 1100. The zero-order valence-electron chi connectivity index (χ0n) is 15.8. The van der Waals surface area contributed by atoms with Gasteiger partial charge in [0, 0.05) is 12.4 Å². The van der Waals surface area contributed by atoms with Crippen molar-refractivity contribution in [2.75, 3.05) is 13.2 Å². The van der Waals surface area contributed by atoms with Crippen molar-refractivity contribution in [3.8, 4) is 0 Å². The van der Waals surface area contributed by atoms with Gasteiger partial charge >= 0.3 is 17.6 Å². The fourth-order valence-electron chi connectivity index (χ4n) is 3.24. The molecule has 1 unspecified atom stereocenters. The first-order valence-electron chi connectivity index (χ1n) is 9.26. The van der Waals surface area contributed by atoms with E-state index in [9.17, 15) is 14.4 Å². The standard InChI is InChI=1S/C22H18N2O6/c25-19(16-8-3-1-4-9-16)29-18-14-28-15-22(18,24-13-7-12-23-21(24)27)30-20(26)17-10-5-2-6-11-17/h1-13,18H,14-15H2/t18-,22?/m0/s1. The van der Waals surface area contributed by atoms with Gasteiger partial charge in [0.05, 0.1) is 17.7 Å². The zero-order valence-corrected chi connectivity index (χ0v) is 15.8. The maximum atomic E-state index is 12.8. The van der Waals surface area contributed by atoms with Gasteiger partial charge in [0.1, 0.15) is 6.61 Å². The average Bonchev–Trinajstić information content (AvgIpc) is 3.17. The number of hydrogen-bond donors (Lipinski definition) is 0. The third-order valence-corrected chi connectivity index (χ3v) is 4.74. The van der Waals surface area contributed by atoms with Gasteiger partial charge in [-0.15, -0.1) is 0 Å². The number of ether oxygens (including phenoxy) is 3. The molecule has 0 spiro atoms. The topological polar surface area (TPSA) is 96.7 Å². The molecule has 0 saturated carbocycles. The third-order valence-electron chi connectivity index (χ3n) is 4.74. The first-order valence-corrected chi connectivity index (χ1v) is 9.26. The summed E-state index contributed by atoms with van der Waals surface area (Å²) in [6.45, 7) is -0.230. The third kappa shape index (κ3) is 3.72. The summed E-state index contributed by atoms with van der Waals surface area (Å²) in [4.78, 5) is 41.7. The normalized spacial score (nSPS) is 20.5. The minimum Gasteiger partial charge on any atom is -0.450 e. The number of esters is 2. The van der Waals surface area contributed by atoms with Gasteiger partial charge in [-0.3, -0.25) is 4.57 Å². The minimum atomic E-state index is -1.69. The number of benzene rings is 2. The van der Waals surface area contributed by atoms with Crippen LogP contribution in [-0.4, -0.2) is 40.8 Å². The van der Waals surface area contributed by atoms with E-state index in [4.69, 9.17) is 14.2 Å². The molecule has 3 aromatic rings. The first-order chi connectivity index (χ1) is 14.6. The van der Waals surface area contributed by atoms with Gasteiger partial charge in [0.15, 0.2) is 6.10 Å². The molecule has 152 valence electrons. The highest BCUT2D eigenvalue weighted by Gasteiger charge is 2.53. The molecule has 1 aliphatic rings. The Labute approximate surface area is 171 Å². The second kappa shape index (κ2) is 8.30. The summed E-state index contributed by atoms with van der Waals surface area (Å²) in [5.41, 5.74) is -1.74. The molecular formula is C22H18N2O6. The van der Waals surface area contributed by atoms with Crippen molar-refractivity contribution in [2.45, 2.75) is 11.8 Å². The molecule has 0 aliphatic carbocycles. The molecule has 1 saturated heterocycles. The lowest BCUT2D eigenvalue weighted by molar-refractivity contribution is -0.125. The maximum absolute atomic E-state index is 12.8. The van der Waals surface area contributed by atoms with Crippen LogP contribution in [0.25, 0.3) is 0 Å². The highest BCUT2D eigenvalue weighted by Crippen LogP contribution is 2.32. The van der Waals surface area contributed by atoms with Crippen LogP contribution in [0.3, 0.4) is 0 Å². The molecule has 0 N–H and O–H groups in total. The van der Waals surface area contributed by atoms with Gasteiger partial charge in [-0.2, -0.15) is 0 Å². The Morgan fingerprint density at radius 3 is 2.23 bits per heavy atom. The molecule has 2 aromatic carbocycles. The summed E-state index contributed by atoms with van der Waals surface area (Å²) >= 11 is 0. The molecule has 2 atom stereocenters. The van der Waals surface area contributed by atoms with Crippen molar-refractivity contribution in [3.05, 3.63) is 101 Å². The molecule has 8 nitrogen and oxygen atoms in total. The van der Waals surface area contributed by atoms with Crippen molar-refractivity contribution < 1.29 is 23.8 Å². The Morgan fingerprint density at radius 2 is 1.60 bits per heavy atom. The quantitative estimate of drug-likeness (QED) is 0.598. The number of carbonyl (C=O) groups is 2. The fraction of sp³-hybridized carbons (Fsp3) is 0.182. The molecule has 0 amide bonds. The summed E-state index contributed by atoms with van der Waals surface area (Å²) in [6, 6.07) is 18.2. The van der Waals surface area contributed by atoms with Crippen LogP contribution in [0.2, 0.25) is 0 Å². The lowest BCUT2D eigenvalue weighted by Gasteiger charge is -2.33. The number of aromatic nitrogens is 2. The van der Waals surface area contributed by atoms with Gasteiger partial charge < -0.3 is 14.2 Å². The Balaban J connectivity index is 1.71. The zero-order chi connectivity index (χ0) is 21.0. The van der Waals surface area contributed by atoms with Crippen LogP contribution in [-0.2, 0) is 19.9 Å². The first kappa shape index (κ1) is 19.5. The highest BCUT2D eigenvalue weighted by atomic mass is 16.6.